The smallest absolute Gasteiger partial charge is 0.323 e. The summed E-state index contributed by atoms with van der Waals surface area (Å²) in [5, 5.41) is 2.92. The summed E-state index contributed by atoms with van der Waals surface area (Å²) in [6.07, 6.45) is 0.147. The summed E-state index contributed by atoms with van der Waals surface area (Å²) in [6.45, 7) is 5.63. The topological polar surface area (TPSA) is 81.7 Å². The van der Waals surface area contributed by atoms with Gasteiger partial charge >= 0.3 is 11.9 Å². The molecule has 0 saturated heterocycles. The van der Waals surface area contributed by atoms with Gasteiger partial charge in [-0.15, -0.1) is 0 Å². The van der Waals surface area contributed by atoms with Crippen LogP contribution < -0.4 is 5.32 Å². The van der Waals surface area contributed by atoms with Crippen LogP contribution in [0.4, 0.5) is 5.69 Å². The molecule has 0 aliphatic heterocycles. The molecule has 1 atom stereocenters. The van der Waals surface area contributed by atoms with Gasteiger partial charge in [0.25, 0.3) is 0 Å². The molecule has 2 aromatic rings. The highest BCUT2D eigenvalue weighted by Crippen LogP contribution is 2.45. The van der Waals surface area contributed by atoms with Crippen LogP contribution in [0.2, 0.25) is 0 Å². The van der Waals surface area contributed by atoms with E-state index in [-0.39, 0.29) is 32.0 Å². The van der Waals surface area contributed by atoms with E-state index in [0.717, 1.165) is 16.7 Å². The average molecular weight is 409 g/mol. The van der Waals surface area contributed by atoms with Gasteiger partial charge in [-0.3, -0.25) is 14.4 Å². The summed E-state index contributed by atoms with van der Waals surface area (Å²) in [5.74, 6) is -2.26. The monoisotopic (exact) mass is 409 g/mol. The summed E-state index contributed by atoms with van der Waals surface area (Å²) in [5.41, 5.74) is 1.78. The molecule has 158 valence electrons. The molecule has 3 rings (SSSR count). The molecule has 1 aliphatic rings. The number of aryl methyl sites for hydroxylation is 1. The first-order chi connectivity index (χ1) is 14.4. The Morgan fingerprint density at radius 3 is 2.17 bits per heavy atom. The van der Waals surface area contributed by atoms with Gasteiger partial charge in [-0.2, -0.15) is 0 Å². The Balaban J connectivity index is 2.00. The first-order valence-corrected chi connectivity index (χ1v) is 10.2. The molecule has 0 spiro atoms. The Bertz CT molecular complexity index is 917. The Hall–Kier alpha value is -3.15. The zero-order valence-corrected chi connectivity index (χ0v) is 17.6. The first-order valence-electron chi connectivity index (χ1n) is 10.2. The molecule has 0 radical (unpaired) electrons. The summed E-state index contributed by atoms with van der Waals surface area (Å²) in [7, 11) is 0. The maximum Gasteiger partial charge on any atom is 0.323 e. The van der Waals surface area contributed by atoms with Crippen molar-refractivity contribution in [1.82, 2.24) is 0 Å². The summed E-state index contributed by atoms with van der Waals surface area (Å²) in [4.78, 5) is 39.2. The Kier molecular flexibility index (Phi) is 6.55. The molecule has 0 saturated carbocycles. The zero-order chi connectivity index (χ0) is 21.7. The van der Waals surface area contributed by atoms with Crippen molar-refractivity contribution in [3.8, 4) is 0 Å². The van der Waals surface area contributed by atoms with Crippen LogP contribution in [0.25, 0.3) is 0 Å². The van der Waals surface area contributed by atoms with Crippen LogP contribution in [-0.2, 0) is 30.3 Å². The average Bonchev–Trinajstić information content (AvgIpc) is 2.74. The summed E-state index contributed by atoms with van der Waals surface area (Å²) >= 11 is 0. The SMILES string of the molecule is CCOC(=O)C1(C(=O)OCC)Cc2ccccc2C(C(=O)Nc2ccc(C)cc2)C1. The molecule has 2 aromatic carbocycles. The van der Waals surface area contributed by atoms with Crippen LogP contribution >= 0.6 is 0 Å². The van der Waals surface area contributed by atoms with Gasteiger partial charge in [-0.05, 0) is 56.9 Å². The third-order valence-corrected chi connectivity index (χ3v) is 5.44. The third-order valence-electron chi connectivity index (χ3n) is 5.44. The number of hydrogen-bond donors (Lipinski definition) is 1. The molecule has 1 amide bonds. The van der Waals surface area contributed by atoms with Crippen LogP contribution in [-0.4, -0.2) is 31.1 Å². The molecular weight excluding hydrogens is 382 g/mol. The van der Waals surface area contributed by atoms with E-state index in [1.807, 2.05) is 55.5 Å². The minimum atomic E-state index is -1.55. The standard InChI is InChI=1S/C24H27NO5/c1-4-29-22(27)24(23(28)30-5-2)14-17-8-6-7-9-19(17)20(15-24)21(26)25-18-12-10-16(3)11-13-18/h6-13,20H,4-5,14-15H2,1-3H3,(H,25,26). The van der Waals surface area contributed by atoms with Crippen LogP contribution in [0.5, 0.6) is 0 Å². The van der Waals surface area contributed by atoms with Crippen molar-refractivity contribution < 1.29 is 23.9 Å². The van der Waals surface area contributed by atoms with E-state index in [4.69, 9.17) is 9.47 Å². The van der Waals surface area contributed by atoms with Crippen molar-refractivity contribution in [3.63, 3.8) is 0 Å². The fraction of sp³-hybridized carbons (Fsp3) is 0.375. The van der Waals surface area contributed by atoms with Crippen molar-refractivity contribution >= 4 is 23.5 Å². The molecule has 30 heavy (non-hydrogen) atoms. The summed E-state index contributed by atoms with van der Waals surface area (Å²) < 4.78 is 10.5. The highest BCUT2D eigenvalue weighted by molar-refractivity contribution is 6.03. The molecule has 6 nitrogen and oxygen atoms in total. The number of carbonyl (C=O) groups excluding carboxylic acids is 3. The minimum Gasteiger partial charge on any atom is -0.465 e. The van der Waals surface area contributed by atoms with E-state index in [1.54, 1.807) is 13.8 Å². The fourth-order valence-electron chi connectivity index (χ4n) is 3.92. The predicted molar refractivity (Wildman–Crippen MR) is 113 cm³/mol. The van der Waals surface area contributed by atoms with Gasteiger partial charge in [-0.25, -0.2) is 0 Å². The quantitative estimate of drug-likeness (QED) is 0.580. The molecule has 0 heterocycles. The lowest BCUT2D eigenvalue weighted by Gasteiger charge is -2.37. The summed E-state index contributed by atoms with van der Waals surface area (Å²) in [6, 6.07) is 14.9. The number of rotatable bonds is 6. The van der Waals surface area contributed by atoms with Crippen molar-refractivity contribution in [2.24, 2.45) is 5.41 Å². The number of ether oxygens (including phenoxy) is 2. The molecule has 6 heteroatoms. The highest BCUT2D eigenvalue weighted by Gasteiger charge is 2.54. The minimum absolute atomic E-state index is 0.000620. The largest absolute Gasteiger partial charge is 0.465 e. The van der Waals surface area contributed by atoms with Gasteiger partial charge in [0, 0.05) is 5.69 Å². The lowest BCUT2D eigenvalue weighted by Crippen LogP contribution is -2.48. The number of anilines is 1. The molecule has 1 N–H and O–H groups in total. The van der Waals surface area contributed by atoms with E-state index in [2.05, 4.69) is 5.32 Å². The molecule has 0 bridgehead atoms. The maximum absolute atomic E-state index is 13.2. The molecular formula is C24H27NO5. The van der Waals surface area contributed by atoms with E-state index < -0.39 is 23.3 Å². The second-order valence-corrected chi connectivity index (χ2v) is 7.51. The van der Waals surface area contributed by atoms with Gasteiger partial charge in [0.2, 0.25) is 5.91 Å². The van der Waals surface area contributed by atoms with Crippen molar-refractivity contribution in [2.45, 2.75) is 39.5 Å². The molecule has 1 aliphatic carbocycles. The first kappa shape index (κ1) is 21.6. The second kappa shape index (κ2) is 9.11. The van der Waals surface area contributed by atoms with Gasteiger partial charge in [0.05, 0.1) is 19.1 Å². The Labute approximate surface area is 176 Å². The van der Waals surface area contributed by atoms with E-state index in [0.29, 0.717) is 5.69 Å². The van der Waals surface area contributed by atoms with Crippen LogP contribution in [0.15, 0.2) is 48.5 Å². The van der Waals surface area contributed by atoms with Gasteiger partial charge in [0.1, 0.15) is 0 Å². The second-order valence-electron chi connectivity index (χ2n) is 7.51. The Morgan fingerprint density at radius 1 is 0.967 bits per heavy atom. The number of amides is 1. The van der Waals surface area contributed by atoms with Crippen LogP contribution in [0.3, 0.4) is 0 Å². The van der Waals surface area contributed by atoms with Crippen molar-refractivity contribution in [3.05, 3.63) is 65.2 Å². The highest BCUT2D eigenvalue weighted by atomic mass is 16.6. The van der Waals surface area contributed by atoms with Gasteiger partial charge in [-0.1, -0.05) is 42.0 Å². The van der Waals surface area contributed by atoms with Crippen molar-refractivity contribution in [2.75, 3.05) is 18.5 Å². The maximum atomic E-state index is 13.2. The van der Waals surface area contributed by atoms with E-state index in [9.17, 15) is 14.4 Å². The van der Waals surface area contributed by atoms with Gasteiger partial charge < -0.3 is 14.8 Å². The molecule has 0 fully saturated rings. The molecule has 0 aromatic heterocycles. The number of carbonyl (C=O) groups is 3. The van der Waals surface area contributed by atoms with E-state index >= 15 is 0 Å². The Morgan fingerprint density at radius 2 is 1.57 bits per heavy atom. The fourth-order valence-corrected chi connectivity index (χ4v) is 3.92. The van der Waals surface area contributed by atoms with Gasteiger partial charge in [0.15, 0.2) is 5.41 Å². The predicted octanol–water partition coefficient (Wildman–Crippen LogP) is 3.78. The van der Waals surface area contributed by atoms with Crippen LogP contribution in [0, 0.1) is 12.3 Å². The number of nitrogens with one attached hydrogen (secondary N) is 1. The zero-order valence-electron chi connectivity index (χ0n) is 17.6. The number of esters is 2. The third kappa shape index (κ3) is 4.22. The number of fused-ring (bicyclic) bond motifs is 1. The van der Waals surface area contributed by atoms with Crippen molar-refractivity contribution in [1.29, 1.82) is 0 Å². The number of benzene rings is 2. The normalized spacial score (nSPS) is 16.8. The van der Waals surface area contributed by atoms with Crippen LogP contribution in [0.1, 0.15) is 42.9 Å². The lowest BCUT2D eigenvalue weighted by atomic mass is 9.66. The van der Waals surface area contributed by atoms with E-state index in [1.165, 1.54) is 0 Å². The molecule has 1 unspecified atom stereocenters. The lowest BCUT2D eigenvalue weighted by molar-refractivity contribution is -0.173. The number of hydrogen-bond acceptors (Lipinski definition) is 5.